The second-order valence-corrected chi connectivity index (χ2v) is 5.97. The molecule has 1 unspecified atom stereocenters. The van der Waals surface area contributed by atoms with E-state index in [9.17, 15) is 9.59 Å². The van der Waals surface area contributed by atoms with Crippen LogP contribution in [0.1, 0.15) is 44.7 Å². The van der Waals surface area contributed by atoms with Crippen LogP contribution in [0.2, 0.25) is 0 Å². The van der Waals surface area contributed by atoms with Gasteiger partial charge in [0, 0.05) is 18.3 Å². The average Bonchev–Trinajstić information content (AvgIpc) is 2.81. The molecular weight excluding hydrogens is 290 g/mol. The molecule has 1 aromatic rings. The van der Waals surface area contributed by atoms with E-state index in [1.165, 1.54) is 11.3 Å². The molecule has 1 aromatic heterocycles. The summed E-state index contributed by atoms with van der Waals surface area (Å²) in [6.07, 6.45) is 3.92. The molecular formula is C14H23N3O3S. The van der Waals surface area contributed by atoms with Gasteiger partial charge in [0.15, 0.2) is 5.13 Å². The van der Waals surface area contributed by atoms with Crippen molar-refractivity contribution >= 4 is 28.3 Å². The number of hydrogen-bond donors (Lipinski definition) is 3. The molecule has 1 atom stereocenters. The number of carboxylic acids is 1. The van der Waals surface area contributed by atoms with Crippen molar-refractivity contribution in [2.24, 2.45) is 5.92 Å². The Morgan fingerprint density at radius 2 is 2.19 bits per heavy atom. The Bertz CT molecular complexity index is 462. The van der Waals surface area contributed by atoms with E-state index in [2.05, 4.69) is 17.2 Å². The van der Waals surface area contributed by atoms with E-state index in [0.29, 0.717) is 29.7 Å². The highest BCUT2D eigenvalue weighted by Gasteiger charge is 2.11. The molecule has 0 aliphatic carbocycles. The smallest absolute Gasteiger partial charge is 0.303 e. The Balaban J connectivity index is 2.25. The van der Waals surface area contributed by atoms with Crippen LogP contribution in [-0.2, 0) is 16.0 Å². The first-order valence-electron chi connectivity index (χ1n) is 7.19. The zero-order chi connectivity index (χ0) is 15.7. The van der Waals surface area contributed by atoms with E-state index in [0.717, 1.165) is 19.3 Å². The molecule has 0 aromatic carbocycles. The van der Waals surface area contributed by atoms with Crippen molar-refractivity contribution in [1.82, 2.24) is 10.3 Å². The second kappa shape index (κ2) is 9.33. The molecule has 1 amide bonds. The number of nitrogens with zero attached hydrogens (tertiary/aromatic N) is 1. The number of aromatic nitrogens is 1. The van der Waals surface area contributed by atoms with Gasteiger partial charge in [-0.1, -0.05) is 19.8 Å². The second-order valence-electron chi connectivity index (χ2n) is 5.08. The molecule has 0 spiro atoms. The minimum Gasteiger partial charge on any atom is -0.481 e. The van der Waals surface area contributed by atoms with E-state index in [1.54, 1.807) is 5.38 Å². The van der Waals surface area contributed by atoms with Crippen molar-refractivity contribution in [3.8, 4) is 0 Å². The number of amides is 1. The van der Waals surface area contributed by atoms with Crippen LogP contribution in [0.4, 0.5) is 5.13 Å². The van der Waals surface area contributed by atoms with Crippen LogP contribution in [0, 0.1) is 5.92 Å². The van der Waals surface area contributed by atoms with Crippen LogP contribution in [0.15, 0.2) is 5.38 Å². The molecule has 1 rings (SSSR count). The monoisotopic (exact) mass is 313 g/mol. The Hall–Kier alpha value is -1.63. The molecule has 0 saturated carbocycles. The van der Waals surface area contributed by atoms with Crippen molar-refractivity contribution in [1.29, 1.82) is 0 Å². The van der Waals surface area contributed by atoms with Gasteiger partial charge in [0.25, 0.3) is 0 Å². The fraction of sp³-hybridized carbons (Fsp3) is 0.643. The number of carbonyl (C=O) groups excluding carboxylic acids is 1. The highest BCUT2D eigenvalue weighted by molar-refractivity contribution is 7.13. The van der Waals surface area contributed by atoms with E-state index < -0.39 is 5.97 Å². The predicted octanol–water partition coefficient (Wildman–Crippen LogP) is 2.06. The van der Waals surface area contributed by atoms with Gasteiger partial charge in [0.05, 0.1) is 12.1 Å². The first-order chi connectivity index (χ1) is 10.0. The van der Waals surface area contributed by atoms with Crippen LogP contribution in [0.5, 0.6) is 0 Å². The largest absolute Gasteiger partial charge is 0.481 e. The first kappa shape index (κ1) is 17.4. The summed E-state index contributed by atoms with van der Waals surface area (Å²) in [5.74, 6) is -0.489. The van der Waals surface area contributed by atoms with Crippen LogP contribution < -0.4 is 11.1 Å². The number of thiazole rings is 1. The number of aliphatic carboxylic acids is 1. The highest BCUT2D eigenvalue weighted by atomic mass is 32.1. The summed E-state index contributed by atoms with van der Waals surface area (Å²) in [6.45, 7) is 2.65. The van der Waals surface area contributed by atoms with Gasteiger partial charge >= 0.3 is 5.97 Å². The van der Waals surface area contributed by atoms with Gasteiger partial charge in [0.2, 0.25) is 5.91 Å². The molecule has 6 nitrogen and oxygen atoms in total. The van der Waals surface area contributed by atoms with E-state index in [1.807, 2.05) is 0 Å². The summed E-state index contributed by atoms with van der Waals surface area (Å²) in [7, 11) is 0. The SMILES string of the molecule is CCCC(CCNC(=O)Cc1csc(N)n1)CCC(=O)O. The molecule has 0 saturated heterocycles. The topological polar surface area (TPSA) is 105 Å². The van der Waals surface area contributed by atoms with E-state index in [-0.39, 0.29) is 18.7 Å². The Kier molecular flexibility index (Phi) is 7.74. The number of carbonyl (C=O) groups is 2. The third-order valence-corrected chi connectivity index (χ3v) is 3.97. The molecule has 118 valence electrons. The third kappa shape index (κ3) is 7.65. The number of nitrogens with two attached hydrogens (primary N) is 1. The summed E-state index contributed by atoms with van der Waals surface area (Å²) >= 11 is 1.32. The maximum Gasteiger partial charge on any atom is 0.303 e. The van der Waals surface area contributed by atoms with Gasteiger partial charge in [-0.25, -0.2) is 4.98 Å². The van der Waals surface area contributed by atoms with Crippen LogP contribution in [0.3, 0.4) is 0 Å². The van der Waals surface area contributed by atoms with Gasteiger partial charge in [-0.3, -0.25) is 9.59 Å². The lowest BCUT2D eigenvalue weighted by molar-refractivity contribution is -0.137. The van der Waals surface area contributed by atoms with Gasteiger partial charge in [-0.05, 0) is 18.8 Å². The number of nitrogen functional groups attached to an aromatic ring is 1. The fourth-order valence-corrected chi connectivity index (χ4v) is 2.78. The van der Waals surface area contributed by atoms with Crippen molar-refractivity contribution < 1.29 is 14.7 Å². The molecule has 0 aliphatic heterocycles. The lowest BCUT2D eigenvalue weighted by atomic mass is 9.94. The quantitative estimate of drug-likeness (QED) is 0.613. The van der Waals surface area contributed by atoms with Crippen LogP contribution in [-0.4, -0.2) is 28.5 Å². The van der Waals surface area contributed by atoms with Gasteiger partial charge in [-0.15, -0.1) is 11.3 Å². The van der Waals surface area contributed by atoms with E-state index >= 15 is 0 Å². The Morgan fingerprint density at radius 3 is 2.76 bits per heavy atom. The Labute approximate surface area is 128 Å². The molecule has 0 fully saturated rings. The maximum absolute atomic E-state index is 11.7. The summed E-state index contributed by atoms with van der Waals surface area (Å²) in [4.78, 5) is 26.4. The molecule has 0 radical (unpaired) electrons. The number of anilines is 1. The average molecular weight is 313 g/mol. The predicted molar refractivity (Wildman–Crippen MR) is 83.1 cm³/mol. The molecule has 1 heterocycles. The summed E-state index contributed by atoms with van der Waals surface area (Å²) < 4.78 is 0. The lowest BCUT2D eigenvalue weighted by Crippen LogP contribution is -2.27. The molecule has 7 heteroatoms. The zero-order valence-corrected chi connectivity index (χ0v) is 13.1. The first-order valence-corrected chi connectivity index (χ1v) is 8.07. The van der Waals surface area contributed by atoms with Crippen molar-refractivity contribution in [3.05, 3.63) is 11.1 Å². The summed E-state index contributed by atoms with van der Waals surface area (Å²) in [5, 5.41) is 13.8. The maximum atomic E-state index is 11.7. The summed E-state index contributed by atoms with van der Waals surface area (Å²) in [5.41, 5.74) is 6.20. The van der Waals surface area contributed by atoms with Crippen molar-refractivity contribution in [3.63, 3.8) is 0 Å². The number of carboxylic acid groups (broad SMARTS) is 1. The fourth-order valence-electron chi connectivity index (χ4n) is 2.22. The normalized spacial score (nSPS) is 12.0. The zero-order valence-electron chi connectivity index (χ0n) is 12.3. The lowest BCUT2D eigenvalue weighted by Gasteiger charge is -2.15. The minimum atomic E-state index is -0.763. The molecule has 0 aliphatic rings. The van der Waals surface area contributed by atoms with Gasteiger partial charge in [-0.2, -0.15) is 0 Å². The third-order valence-electron chi connectivity index (χ3n) is 3.25. The van der Waals surface area contributed by atoms with Gasteiger partial charge < -0.3 is 16.2 Å². The molecule has 4 N–H and O–H groups in total. The minimum absolute atomic E-state index is 0.0752. The number of hydrogen-bond acceptors (Lipinski definition) is 5. The van der Waals surface area contributed by atoms with Crippen LogP contribution in [0.25, 0.3) is 0 Å². The van der Waals surface area contributed by atoms with Crippen molar-refractivity contribution in [2.45, 2.75) is 45.4 Å². The van der Waals surface area contributed by atoms with E-state index in [4.69, 9.17) is 10.8 Å². The summed E-state index contributed by atoms with van der Waals surface area (Å²) in [6, 6.07) is 0. The number of rotatable bonds is 10. The molecule has 0 bridgehead atoms. The number of nitrogens with one attached hydrogen (secondary N) is 1. The van der Waals surface area contributed by atoms with Gasteiger partial charge in [0.1, 0.15) is 0 Å². The van der Waals surface area contributed by atoms with Crippen LogP contribution >= 0.6 is 11.3 Å². The standard InChI is InChI=1S/C14H23N3O3S/c1-2-3-10(4-5-13(19)20)6-7-16-12(18)8-11-9-21-14(15)17-11/h9-10H,2-8H2,1H3,(H2,15,17)(H,16,18)(H,19,20). The van der Waals surface area contributed by atoms with Crippen molar-refractivity contribution in [2.75, 3.05) is 12.3 Å². The molecule has 21 heavy (non-hydrogen) atoms. The Morgan fingerprint density at radius 1 is 1.43 bits per heavy atom. The highest BCUT2D eigenvalue weighted by Crippen LogP contribution is 2.17.